The van der Waals surface area contributed by atoms with Crippen molar-refractivity contribution in [2.45, 2.75) is 6.18 Å². The van der Waals surface area contributed by atoms with Crippen LogP contribution in [0.1, 0.15) is 20.8 Å². The van der Waals surface area contributed by atoms with E-state index in [1.165, 1.54) is 12.3 Å². The lowest BCUT2D eigenvalue weighted by Crippen LogP contribution is -2.44. The number of benzene rings is 2. The number of pyridine rings is 1. The highest BCUT2D eigenvalue weighted by Gasteiger charge is 2.59. The predicted octanol–water partition coefficient (Wildman–Crippen LogP) is 4.69. The minimum absolute atomic E-state index is 0.00123. The molecule has 3 aliphatic heterocycles. The van der Waals surface area contributed by atoms with Gasteiger partial charge in [0, 0.05) is 42.3 Å². The van der Waals surface area contributed by atoms with Crippen LogP contribution in [-0.2, 0) is 0 Å². The highest BCUT2D eigenvalue weighted by Crippen LogP contribution is 2.54. The molecule has 42 heavy (non-hydrogen) atoms. The summed E-state index contributed by atoms with van der Waals surface area (Å²) < 4.78 is 43.6. The number of carbonyl (C=O) groups excluding carboxylic acids is 2. The molecule has 0 unspecified atom stereocenters. The number of anilines is 2. The highest BCUT2D eigenvalue weighted by molar-refractivity contribution is 6.30. The fraction of sp³-hybridized carbons (Fsp3) is 0.345. The van der Waals surface area contributed by atoms with Gasteiger partial charge in [0.2, 0.25) is 0 Å². The number of hydrogen-bond donors (Lipinski definition) is 3. The number of likely N-dealkylation sites (tertiary alicyclic amines) is 2. The van der Waals surface area contributed by atoms with Crippen molar-refractivity contribution in [1.29, 1.82) is 0 Å². The van der Waals surface area contributed by atoms with Crippen molar-refractivity contribution in [1.82, 2.24) is 20.3 Å². The Morgan fingerprint density at radius 3 is 2.14 bits per heavy atom. The van der Waals surface area contributed by atoms with Crippen LogP contribution in [0.5, 0.6) is 5.75 Å². The van der Waals surface area contributed by atoms with E-state index in [4.69, 9.17) is 16.3 Å². The van der Waals surface area contributed by atoms with E-state index in [-0.39, 0.29) is 35.1 Å². The van der Waals surface area contributed by atoms with Crippen molar-refractivity contribution in [2.24, 2.45) is 23.7 Å². The van der Waals surface area contributed by atoms with E-state index < -0.39 is 12.8 Å². The molecule has 2 amide bonds. The first kappa shape index (κ1) is 26.8. The molecule has 3 N–H and O–H groups in total. The minimum Gasteiger partial charge on any atom is -0.482 e. The van der Waals surface area contributed by atoms with Crippen molar-refractivity contribution in [2.75, 3.05) is 43.6 Å². The van der Waals surface area contributed by atoms with E-state index >= 15 is 0 Å². The van der Waals surface area contributed by atoms with Gasteiger partial charge in [0.1, 0.15) is 11.4 Å². The first-order valence-electron chi connectivity index (χ1n) is 13.6. The summed E-state index contributed by atoms with van der Waals surface area (Å²) in [6, 6.07) is 13.5. The average molecular weight is 599 g/mol. The first-order chi connectivity index (χ1) is 20.1. The van der Waals surface area contributed by atoms with E-state index in [9.17, 15) is 22.8 Å². The number of aromatic nitrogens is 1. The molecule has 1 aliphatic carbocycles. The third kappa shape index (κ3) is 4.78. The van der Waals surface area contributed by atoms with E-state index in [0.29, 0.717) is 59.7 Å². The molecule has 3 aromatic rings. The second kappa shape index (κ2) is 10.1. The quantitative estimate of drug-likeness (QED) is 0.392. The second-order valence-corrected chi connectivity index (χ2v) is 11.6. The topological polar surface area (TPSA) is 98.8 Å². The Morgan fingerprint density at radius 2 is 1.50 bits per heavy atom. The molecule has 2 saturated heterocycles. The fourth-order valence-electron chi connectivity index (χ4n) is 6.80. The van der Waals surface area contributed by atoms with Crippen molar-refractivity contribution < 1.29 is 27.5 Å². The van der Waals surface area contributed by atoms with E-state index in [1.54, 1.807) is 29.2 Å². The summed E-state index contributed by atoms with van der Waals surface area (Å²) in [5.41, 5.74) is 12.1. The molecule has 4 atom stereocenters. The number of fused-ring (bicyclic) bond motifs is 5. The Bertz CT molecular complexity index is 1550. The summed E-state index contributed by atoms with van der Waals surface area (Å²) in [5, 5.41) is 0.471. The molecule has 218 valence electrons. The maximum absolute atomic E-state index is 13.5. The van der Waals surface area contributed by atoms with Gasteiger partial charge in [0.25, 0.3) is 11.8 Å². The Kier molecular flexibility index (Phi) is 6.43. The van der Waals surface area contributed by atoms with Gasteiger partial charge in [-0.05, 0) is 65.6 Å². The second-order valence-electron chi connectivity index (χ2n) is 11.2. The van der Waals surface area contributed by atoms with Crippen molar-refractivity contribution in [3.63, 3.8) is 0 Å². The maximum atomic E-state index is 13.5. The number of alkyl halides is 3. The summed E-state index contributed by atoms with van der Waals surface area (Å²) in [6.45, 7) is 0.933. The van der Waals surface area contributed by atoms with Gasteiger partial charge in [0.05, 0.1) is 17.6 Å². The number of halogens is 4. The number of hydrazine groups is 2. The van der Waals surface area contributed by atoms with Crippen LogP contribution in [0.25, 0.3) is 11.1 Å². The number of ether oxygens (including phenoxy) is 1. The van der Waals surface area contributed by atoms with Gasteiger partial charge in [0.15, 0.2) is 6.61 Å². The highest BCUT2D eigenvalue weighted by atomic mass is 35.5. The van der Waals surface area contributed by atoms with Crippen LogP contribution in [0, 0.1) is 23.7 Å². The summed E-state index contributed by atoms with van der Waals surface area (Å²) in [6.07, 6.45) is -3.35. The van der Waals surface area contributed by atoms with Crippen LogP contribution in [0.15, 0.2) is 54.7 Å². The molecular formula is C29H26ClF3N6O3. The SMILES string of the molecule is O=C(c1ccc2c(c1)NNN2)N1C[C@@H]2[C@H](C1)[C@H]1CN(C(=O)c3cc(-c4ccc(Cl)cc4)c(OCC(F)(F)F)cn3)C[C@@H]21. The summed E-state index contributed by atoms with van der Waals surface area (Å²) >= 11 is 6.00. The van der Waals surface area contributed by atoms with Crippen LogP contribution in [0.4, 0.5) is 24.5 Å². The van der Waals surface area contributed by atoms with Gasteiger partial charge in [-0.25, -0.2) is 4.98 Å². The van der Waals surface area contributed by atoms with Gasteiger partial charge in [-0.1, -0.05) is 23.7 Å². The van der Waals surface area contributed by atoms with Gasteiger partial charge >= 0.3 is 6.18 Å². The normalized spacial score (nSPS) is 23.8. The molecule has 1 aromatic heterocycles. The molecule has 4 heterocycles. The Morgan fingerprint density at radius 1 is 0.881 bits per heavy atom. The largest absolute Gasteiger partial charge is 0.482 e. The molecule has 13 heteroatoms. The van der Waals surface area contributed by atoms with E-state index in [2.05, 4.69) is 21.4 Å². The predicted molar refractivity (Wildman–Crippen MR) is 149 cm³/mol. The Balaban J connectivity index is 1.04. The monoisotopic (exact) mass is 598 g/mol. The number of amides is 2. The Labute approximate surface area is 243 Å². The number of nitrogens with one attached hydrogen (secondary N) is 3. The molecule has 3 fully saturated rings. The molecule has 4 aliphatic rings. The lowest BCUT2D eigenvalue weighted by molar-refractivity contribution is -0.153. The third-order valence-corrected chi connectivity index (χ3v) is 9.04. The molecule has 7 rings (SSSR count). The van der Waals surface area contributed by atoms with Gasteiger partial charge in [-0.3, -0.25) is 9.59 Å². The molecule has 0 spiro atoms. The van der Waals surface area contributed by atoms with Gasteiger partial charge in [-0.2, -0.15) is 13.2 Å². The van der Waals surface area contributed by atoms with Crippen molar-refractivity contribution in [3.8, 4) is 16.9 Å². The zero-order chi connectivity index (χ0) is 29.2. The zero-order valence-electron chi connectivity index (χ0n) is 22.1. The lowest BCUT2D eigenvalue weighted by Gasteiger charge is -2.42. The standard InChI is InChI=1S/C29H26ClF3N6O3/c30-17-4-1-15(2-5-17)18-8-25(34-9-26(18)42-14-29(31,32)33)28(41)39-12-21-19-10-38(11-20(19)22(21)13-39)27(40)16-3-6-23-24(7-16)36-37-35-23/h1-9,19-22,35-37H,10-14H2/t19-,20+,21+,22-. The molecule has 0 radical (unpaired) electrons. The first-order valence-corrected chi connectivity index (χ1v) is 14.0. The fourth-order valence-corrected chi connectivity index (χ4v) is 6.92. The smallest absolute Gasteiger partial charge is 0.422 e. The van der Waals surface area contributed by atoms with Crippen molar-refractivity contribution in [3.05, 3.63) is 71.0 Å². The third-order valence-electron chi connectivity index (χ3n) is 8.79. The van der Waals surface area contributed by atoms with Crippen LogP contribution in [0.2, 0.25) is 5.02 Å². The summed E-state index contributed by atoms with van der Waals surface area (Å²) in [4.78, 5) is 34.7. The molecule has 9 nitrogen and oxygen atoms in total. The summed E-state index contributed by atoms with van der Waals surface area (Å²) in [7, 11) is 0. The lowest BCUT2D eigenvalue weighted by atomic mass is 9.60. The number of hydrogen-bond acceptors (Lipinski definition) is 7. The van der Waals surface area contributed by atoms with Gasteiger partial charge < -0.3 is 25.4 Å². The van der Waals surface area contributed by atoms with E-state index in [0.717, 1.165) is 11.4 Å². The van der Waals surface area contributed by atoms with Crippen LogP contribution in [-0.4, -0.2) is 65.6 Å². The van der Waals surface area contributed by atoms with Crippen LogP contribution in [0.3, 0.4) is 0 Å². The summed E-state index contributed by atoms with van der Waals surface area (Å²) in [5.74, 6) is 0.874. The average Bonchev–Trinajstić information content (AvgIpc) is 3.70. The Hall–Kier alpha value is -4.03. The van der Waals surface area contributed by atoms with Crippen LogP contribution >= 0.6 is 11.6 Å². The zero-order valence-corrected chi connectivity index (χ0v) is 22.9. The van der Waals surface area contributed by atoms with E-state index in [1.807, 2.05) is 23.1 Å². The maximum Gasteiger partial charge on any atom is 0.422 e. The van der Waals surface area contributed by atoms with Gasteiger partial charge in [-0.15, -0.1) is 5.53 Å². The molecule has 1 saturated carbocycles. The minimum atomic E-state index is -4.52. The number of rotatable bonds is 5. The molecule has 0 bridgehead atoms. The number of nitrogens with zero attached hydrogens (tertiary/aromatic N) is 3. The molecular weight excluding hydrogens is 573 g/mol. The van der Waals surface area contributed by atoms with Crippen molar-refractivity contribution >= 4 is 34.8 Å². The molecule has 2 aromatic carbocycles. The number of carbonyl (C=O) groups is 2. The van der Waals surface area contributed by atoms with Crippen LogP contribution < -0.4 is 21.1 Å².